The van der Waals surface area contributed by atoms with Crippen LogP contribution in [0.3, 0.4) is 0 Å². The maximum atomic E-state index is 6.19. The zero-order chi connectivity index (χ0) is 12.3. The van der Waals surface area contributed by atoms with Gasteiger partial charge in [0, 0.05) is 24.8 Å². The molecule has 0 saturated carbocycles. The molecule has 1 heterocycles. The SMILES string of the molecule is CC(C)C[C@@H](N)c1ccc(N2CCCC2)cc1.Cl. The maximum Gasteiger partial charge on any atom is 0.0366 e. The molecule has 2 nitrogen and oxygen atoms in total. The lowest BCUT2D eigenvalue weighted by Crippen LogP contribution is -2.18. The average Bonchev–Trinajstić information content (AvgIpc) is 2.82. The predicted octanol–water partition coefficient (Wildman–Crippen LogP) is 3.75. The van der Waals surface area contributed by atoms with E-state index in [9.17, 15) is 0 Å². The highest BCUT2D eigenvalue weighted by Gasteiger charge is 2.13. The Balaban J connectivity index is 0.00000162. The molecule has 0 aliphatic carbocycles. The molecule has 0 amide bonds. The molecule has 2 N–H and O–H groups in total. The zero-order valence-electron chi connectivity index (χ0n) is 11.4. The second-order valence-electron chi connectivity index (χ2n) is 5.52. The first kappa shape index (κ1) is 15.3. The van der Waals surface area contributed by atoms with E-state index in [1.807, 2.05) is 0 Å². The van der Waals surface area contributed by atoms with Crippen molar-refractivity contribution in [2.24, 2.45) is 11.7 Å². The van der Waals surface area contributed by atoms with E-state index in [0.717, 1.165) is 6.42 Å². The van der Waals surface area contributed by atoms with Gasteiger partial charge in [0.05, 0.1) is 0 Å². The molecule has 2 rings (SSSR count). The number of hydrogen-bond acceptors (Lipinski definition) is 2. The van der Waals surface area contributed by atoms with Gasteiger partial charge in [-0.25, -0.2) is 0 Å². The molecule has 3 heteroatoms. The van der Waals surface area contributed by atoms with Crippen LogP contribution in [0.15, 0.2) is 24.3 Å². The van der Waals surface area contributed by atoms with E-state index in [1.54, 1.807) is 0 Å². The molecule has 0 radical (unpaired) electrons. The van der Waals surface area contributed by atoms with Crippen LogP contribution in [0.25, 0.3) is 0 Å². The van der Waals surface area contributed by atoms with Gasteiger partial charge >= 0.3 is 0 Å². The first-order chi connectivity index (χ1) is 8.16. The highest BCUT2D eigenvalue weighted by molar-refractivity contribution is 5.85. The molecule has 0 bridgehead atoms. The smallest absolute Gasteiger partial charge is 0.0366 e. The van der Waals surface area contributed by atoms with Crippen LogP contribution in [-0.2, 0) is 0 Å². The van der Waals surface area contributed by atoms with Crippen molar-refractivity contribution in [3.8, 4) is 0 Å². The second kappa shape index (κ2) is 7.01. The standard InChI is InChI=1S/C15H24N2.ClH/c1-12(2)11-15(16)13-5-7-14(8-6-13)17-9-3-4-10-17;/h5-8,12,15H,3-4,9-11,16H2,1-2H3;1H/t15-;/m1./s1. The zero-order valence-corrected chi connectivity index (χ0v) is 12.2. The van der Waals surface area contributed by atoms with Gasteiger partial charge in [0.1, 0.15) is 0 Å². The molecule has 102 valence electrons. The van der Waals surface area contributed by atoms with Gasteiger partial charge in [0.15, 0.2) is 0 Å². The van der Waals surface area contributed by atoms with E-state index in [0.29, 0.717) is 5.92 Å². The molecule has 1 atom stereocenters. The molecule has 1 saturated heterocycles. The van der Waals surface area contributed by atoms with E-state index in [2.05, 4.69) is 43.0 Å². The number of nitrogens with two attached hydrogens (primary N) is 1. The van der Waals surface area contributed by atoms with Crippen molar-refractivity contribution in [2.45, 2.75) is 39.2 Å². The number of benzene rings is 1. The Labute approximate surface area is 117 Å². The average molecular weight is 269 g/mol. The van der Waals surface area contributed by atoms with E-state index in [4.69, 9.17) is 5.73 Å². The predicted molar refractivity (Wildman–Crippen MR) is 81.5 cm³/mol. The lowest BCUT2D eigenvalue weighted by molar-refractivity contribution is 0.510. The second-order valence-corrected chi connectivity index (χ2v) is 5.52. The molecule has 1 fully saturated rings. The molecule has 1 aliphatic rings. The van der Waals surface area contributed by atoms with Crippen molar-refractivity contribution in [1.29, 1.82) is 0 Å². The van der Waals surface area contributed by atoms with E-state index in [1.165, 1.54) is 37.2 Å². The van der Waals surface area contributed by atoms with Crippen LogP contribution < -0.4 is 10.6 Å². The Hall–Kier alpha value is -0.730. The van der Waals surface area contributed by atoms with E-state index in [-0.39, 0.29) is 18.4 Å². The Bertz CT molecular complexity index is 342. The van der Waals surface area contributed by atoms with E-state index >= 15 is 0 Å². The van der Waals surface area contributed by atoms with Gasteiger partial charge in [-0.15, -0.1) is 12.4 Å². The Morgan fingerprint density at radius 2 is 1.67 bits per heavy atom. The highest BCUT2D eigenvalue weighted by Crippen LogP contribution is 2.24. The third-order valence-electron chi connectivity index (χ3n) is 3.52. The number of anilines is 1. The molecule has 0 aromatic heterocycles. The topological polar surface area (TPSA) is 29.3 Å². The highest BCUT2D eigenvalue weighted by atomic mass is 35.5. The summed E-state index contributed by atoms with van der Waals surface area (Å²) in [7, 11) is 0. The van der Waals surface area contributed by atoms with Crippen molar-refractivity contribution in [3.63, 3.8) is 0 Å². The third-order valence-corrected chi connectivity index (χ3v) is 3.52. The fraction of sp³-hybridized carbons (Fsp3) is 0.600. The normalized spacial score (nSPS) is 16.8. The quantitative estimate of drug-likeness (QED) is 0.901. The summed E-state index contributed by atoms with van der Waals surface area (Å²) < 4.78 is 0. The first-order valence-corrected chi connectivity index (χ1v) is 6.77. The monoisotopic (exact) mass is 268 g/mol. The van der Waals surface area contributed by atoms with Crippen LogP contribution in [-0.4, -0.2) is 13.1 Å². The minimum Gasteiger partial charge on any atom is -0.372 e. The lowest BCUT2D eigenvalue weighted by Gasteiger charge is -2.19. The van der Waals surface area contributed by atoms with Crippen molar-refractivity contribution >= 4 is 18.1 Å². The van der Waals surface area contributed by atoms with Crippen molar-refractivity contribution in [3.05, 3.63) is 29.8 Å². The minimum atomic E-state index is 0. The molecule has 1 aromatic carbocycles. The fourth-order valence-electron chi connectivity index (χ4n) is 2.55. The largest absolute Gasteiger partial charge is 0.372 e. The summed E-state index contributed by atoms with van der Waals surface area (Å²) in [6, 6.07) is 9.02. The van der Waals surface area contributed by atoms with Gasteiger partial charge in [0.25, 0.3) is 0 Å². The fourth-order valence-corrected chi connectivity index (χ4v) is 2.55. The van der Waals surface area contributed by atoms with Gasteiger partial charge in [-0.3, -0.25) is 0 Å². The van der Waals surface area contributed by atoms with Gasteiger partial charge in [-0.05, 0) is 42.9 Å². The van der Waals surface area contributed by atoms with Gasteiger partial charge in [-0.2, -0.15) is 0 Å². The maximum absolute atomic E-state index is 6.19. The molecular formula is C15H25ClN2. The molecule has 0 unspecified atom stereocenters. The summed E-state index contributed by atoms with van der Waals surface area (Å²) in [6.07, 6.45) is 3.71. The molecule has 1 aliphatic heterocycles. The molecular weight excluding hydrogens is 244 g/mol. The summed E-state index contributed by atoms with van der Waals surface area (Å²) in [5.74, 6) is 0.656. The number of halogens is 1. The number of hydrogen-bond donors (Lipinski definition) is 1. The third kappa shape index (κ3) is 3.89. The molecule has 0 spiro atoms. The van der Waals surface area contributed by atoms with Crippen molar-refractivity contribution in [1.82, 2.24) is 0 Å². The number of rotatable bonds is 4. The molecule has 18 heavy (non-hydrogen) atoms. The summed E-state index contributed by atoms with van der Waals surface area (Å²) in [5.41, 5.74) is 8.80. The van der Waals surface area contributed by atoms with E-state index < -0.39 is 0 Å². The number of nitrogens with zero attached hydrogens (tertiary/aromatic N) is 1. The van der Waals surface area contributed by atoms with Crippen LogP contribution in [0.1, 0.15) is 44.7 Å². The molecule has 1 aromatic rings. The summed E-state index contributed by atoms with van der Waals surface area (Å²) in [5, 5.41) is 0. The van der Waals surface area contributed by atoms with Crippen molar-refractivity contribution in [2.75, 3.05) is 18.0 Å². The van der Waals surface area contributed by atoms with Gasteiger partial charge < -0.3 is 10.6 Å². The Kier molecular flexibility index (Phi) is 5.97. The Morgan fingerprint density at radius 1 is 1.11 bits per heavy atom. The summed E-state index contributed by atoms with van der Waals surface area (Å²) >= 11 is 0. The first-order valence-electron chi connectivity index (χ1n) is 6.77. The van der Waals surface area contributed by atoms with Crippen LogP contribution in [0.4, 0.5) is 5.69 Å². The van der Waals surface area contributed by atoms with Crippen molar-refractivity contribution < 1.29 is 0 Å². The minimum absolute atomic E-state index is 0. The summed E-state index contributed by atoms with van der Waals surface area (Å²) in [6.45, 7) is 6.85. The summed E-state index contributed by atoms with van der Waals surface area (Å²) in [4.78, 5) is 2.46. The van der Waals surface area contributed by atoms with Crippen LogP contribution in [0, 0.1) is 5.92 Å². The van der Waals surface area contributed by atoms with Gasteiger partial charge in [0.2, 0.25) is 0 Å². The van der Waals surface area contributed by atoms with Crippen LogP contribution in [0.5, 0.6) is 0 Å². The van der Waals surface area contributed by atoms with Crippen LogP contribution >= 0.6 is 12.4 Å². The lowest BCUT2D eigenvalue weighted by atomic mass is 9.98. The van der Waals surface area contributed by atoms with Crippen LogP contribution in [0.2, 0.25) is 0 Å². The Morgan fingerprint density at radius 3 is 2.17 bits per heavy atom. The van der Waals surface area contributed by atoms with Gasteiger partial charge in [-0.1, -0.05) is 26.0 Å².